The first-order valence-electron chi connectivity index (χ1n) is 5.68. The van der Waals surface area contributed by atoms with Crippen molar-refractivity contribution in [1.82, 2.24) is 25.5 Å². The van der Waals surface area contributed by atoms with Crippen LogP contribution in [0.25, 0.3) is 0 Å². The van der Waals surface area contributed by atoms with E-state index < -0.39 is 5.82 Å². The van der Waals surface area contributed by atoms with Gasteiger partial charge in [0, 0.05) is 12.3 Å². The molecular weight excluding hydrogens is 289 g/mol. The molecular formula is C11H13ClFN5S. The molecule has 0 bridgehead atoms. The maximum atomic E-state index is 13.0. The van der Waals surface area contributed by atoms with Gasteiger partial charge in [0.2, 0.25) is 5.16 Å². The first-order chi connectivity index (χ1) is 9.20. The number of tetrazole rings is 1. The minimum atomic E-state index is -0.408. The molecule has 0 aliphatic rings. The first-order valence-corrected chi connectivity index (χ1v) is 7.04. The molecule has 0 aliphatic heterocycles. The van der Waals surface area contributed by atoms with Crippen molar-refractivity contribution < 1.29 is 4.39 Å². The molecule has 0 aliphatic carbocycles. The summed E-state index contributed by atoms with van der Waals surface area (Å²) < 4.78 is 14.8. The van der Waals surface area contributed by atoms with E-state index in [0.29, 0.717) is 12.3 Å². The Balaban J connectivity index is 1.98. The Hall–Kier alpha value is -1.18. The Labute approximate surface area is 119 Å². The summed E-state index contributed by atoms with van der Waals surface area (Å²) in [4.78, 5) is 0. The maximum Gasteiger partial charge on any atom is 0.209 e. The Morgan fingerprint density at radius 1 is 1.47 bits per heavy atom. The fraction of sp³-hybridized carbons (Fsp3) is 0.364. The van der Waals surface area contributed by atoms with E-state index >= 15 is 0 Å². The second-order valence-corrected chi connectivity index (χ2v) is 5.17. The lowest BCUT2D eigenvalue weighted by molar-refractivity contribution is 0.530. The van der Waals surface area contributed by atoms with E-state index in [1.807, 2.05) is 7.05 Å². The minimum absolute atomic E-state index is 0.132. The molecule has 0 saturated heterocycles. The van der Waals surface area contributed by atoms with E-state index in [1.54, 1.807) is 16.8 Å². The molecule has 1 aromatic carbocycles. The monoisotopic (exact) mass is 301 g/mol. The van der Waals surface area contributed by atoms with Gasteiger partial charge in [0.15, 0.2) is 0 Å². The first kappa shape index (κ1) is 14.2. The fourth-order valence-corrected chi connectivity index (χ4v) is 2.48. The summed E-state index contributed by atoms with van der Waals surface area (Å²) in [6.07, 6.45) is 0. The molecule has 19 heavy (non-hydrogen) atoms. The van der Waals surface area contributed by atoms with Gasteiger partial charge in [-0.3, -0.25) is 0 Å². The minimum Gasteiger partial charge on any atom is -0.318 e. The molecule has 0 amide bonds. The fourth-order valence-electron chi connectivity index (χ4n) is 1.44. The van der Waals surface area contributed by atoms with Crippen molar-refractivity contribution in [3.63, 3.8) is 0 Å². The average Bonchev–Trinajstić information content (AvgIpc) is 2.85. The SMILES string of the molecule is CNCCn1nnnc1SCc1ccc(F)c(Cl)c1. The summed E-state index contributed by atoms with van der Waals surface area (Å²) in [6, 6.07) is 4.68. The highest BCUT2D eigenvalue weighted by Crippen LogP contribution is 2.23. The van der Waals surface area contributed by atoms with Gasteiger partial charge in [-0.25, -0.2) is 9.07 Å². The lowest BCUT2D eigenvalue weighted by Crippen LogP contribution is -2.16. The van der Waals surface area contributed by atoms with Crippen LogP contribution in [0.5, 0.6) is 0 Å². The molecule has 0 atom stereocenters. The number of halogens is 2. The predicted molar refractivity (Wildman–Crippen MR) is 72.7 cm³/mol. The molecule has 0 saturated carbocycles. The Bertz CT molecular complexity index is 548. The van der Waals surface area contributed by atoms with Crippen LogP contribution in [0.3, 0.4) is 0 Å². The standard InChI is InChI=1S/C11H13ClFN5S/c1-14-4-5-18-11(15-16-17-18)19-7-8-2-3-10(13)9(12)6-8/h2-3,6,14H,4-5,7H2,1H3. The Kier molecular flexibility index (Phi) is 5.12. The van der Waals surface area contributed by atoms with E-state index in [0.717, 1.165) is 17.3 Å². The smallest absolute Gasteiger partial charge is 0.209 e. The number of hydrogen-bond donors (Lipinski definition) is 1. The Morgan fingerprint density at radius 3 is 3.05 bits per heavy atom. The van der Waals surface area contributed by atoms with Gasteiger partial charge in [-0.05, 0) is 35.2 Å². The highest BCUT2D eigenvalue weighted by Gasteiger charge is 2.07. The molecule has 0 unspecified atom stereocenters. The molecule has 0 spiro atoms. The van der Waals surface area contributed by atoms with E-state index in [-0.39, 0.29) is 5.02 Å². The van der Waals surface area contributed by atoms with Gasteiger partial charge in [-0.1, -0.05) is 29.4 Å². The summed E-state index contributed by atoms with van der Waals surface area (Å²) in [5.74, 6) is 0.231. The van der Waals surface area contributed by atoms with Crippen LogP contribution in [0.4, 0.5) is 4.39 Å². The molecule has 1 aromatic heterocycles. The van der Waals surface area contributed by atoms with Crippen LogP contribution in [0.1, 0.15) is 5.56 Å². The summed E-state index contributed by atoms with van der Waals surface area (Å²) in [6.45, 7) is 1.50. The van der Waals surface area contributed by atoms with Gasteiger partial charge < -0.3 is 5.32 Å². The number of nitrogens with zero attached hydrogens (tertiary/aromatic N) is 4. The number of aromatic nitrogens is 4. The molecule has 2 aromatic rings. The number of rotatable bonds is 6. The van der Waals surface area contributed by atoms with Crippen molar-refractivity contribution >= 4 is 23.4 Å². The number of benzene rings is 1. The molecule has 5 nitrogen and oxygen atoms in total. The zero-order valence-corrected chi connectivity index (χ0v) is 11.9. The molecule has 1 heterocycles. The molecule has 102 valence electrons. The topological polar surface area (TPSA) is 55.6 Å². The molecule has 2 rings (SSSR count). The van der Waals surface area contributed by atoms with Crippen LogP contribution in [-0.4, -0.2) is 33.8 Å². The number of thioether (sulfide) groups is 1. The van der Waals surface area contributed by atoms with E-state index in [1.165, 1.54) is 17.8 Å². The normalized spacial score (nSPS) is 10.9. The van der Waals surface area contributed by atoms with Crippen molar-refractivity contribution in [2.45, 2.75) is 17.5 Å². The van der Waals surface area contributed by atoms with Gasteiger partial charge >= 0.3 is 0 Å². The van der Waals surface area contributed by atoms with Gasteiger partial charge in [0.25, 0.3) is 0 Å². The van der Waals surface area contributed by atoms with Gasteiger partial charge in [-0.2, -0.15) is 0 Å². The van der Waals surface area contributed by atoms with Crippen molar-refractivity contribution in [2.24, 2.45) is 0 Å². The third-order valence-electron chi connectivity index (χ3n) is 2.42. The number of likely N-dealkylation sites (N-methyl/N-ethyl adjacent to an activating group) is 1. The van der Waals surface area contributed by atoms with Crippen molar-refractivity contribution in [3.8, 4) is 0 Å². The van der Waals surface area contributed by atoms with E-state index in [9.17, 15) is 4.39 Å². The number of nitrogens with one attached hydrogen (secondary N) is 1. The lowest BCUT2D eigenvalue weighted by atomic mass is 10.2. The lowest BCUT2D eigenvalue weighted by Gasteiger charge is -2.04. The largest absolute Gasteiger partial charge is 0.318 e. The van der Waals surface area contributed by atoms with Crippen molar-refractivity contribution in [2.75, 3.05) is 13.6 Å². The summed E-state index contributed by atoms with van der Waals surface area (Å²) in [7, 11) is 1.87. The van der Waals surface area contributed by atoms with Crippen LogP contribution in [0, 0.1) is 5.82 Å². The Morgan fingerprint density at radius 2 is 2.32 bits per heavy atom. The second-order valence-electron chi connectivity index (χ2n) is 3.83. The van der Waals surface area contributed by atoms with Gasteiger partial charge in [0.05, 0.1) is 11.6 Å². The zero-order chi connectivity index (χ0) is 13.7. The van der Waals surface area contributed by atoms with Crippen LogP contribution in [0.2, 0.25) is 5.02 Å². The summed E-state index contributed by atoms with van der Waals surface area (Å²) >= 11 is 7.23. The average molecular weight is 302 g/mol. The summed E-state index contributed by atoms with van der Waals surface area (Å²) in [5, 5.41) is 15.4. The molecule has 8 heteroatoms. The van der Waals surface area contributed by atoms with E-state index in [2.05, 4.69) is 20.8 Å². The van der Waals surface area contributed by atoms with Crippen molar-refractivity contribution in [3.05, 3.63) is 34.6 Å². The molecule has 0 fully saturated rings. The van der Waals surface area contributed by atoms with E-state index in [4.69, 9.17) is 11.6 Å². The summed E-state index contributed by atoms with van der Waals surface area (Å²) in [5.41, 5.74) is 0.930. The van der Waals surface area contributed by atoms with Crippen LogP contribution < -0.4 is 5.32 Å². The predicted octanol–water partition coefficient (Wildman–Crippen LogP) is 1.98. The quantitative estimate of drug-likeness (QED) is 0.827. The van der Waals surface area contributed by atoms with Gasteiger partial charge in [-0.15, -0.1) is 5.10 Å². The highest BCUT2D eigenvalue weighted by molar-refractivity contribution is 7.98. The van der Waals surface area contributed by atoms with Crippen LogP contribution in [0.15, 0.2) is 23.4 Å². The van der Waals surface area contributed by atoms with Gasteiger partial charge in [0.1, 0.15) is 5.82 Å². The zero-order valence-electron chi connectivity index (χ0n) is 10.3. The number of hydrogen-bond acceptors (Lipinski definition) is 5. The third-order valence-corrected chi connectivity index (χ3v) is 3.74. The molecule has 1 N–H and O–H groups in total. The van der Waals surface area contributed by atoms with Crippen molar-refractivity contribution in [1.29, 1.82) is 0 Å². The van der Waals surface area contributed by atoms with Crippen LogP contribution in [-0.2, 0) is 12.3 Å². The highest BCUT2D eigenvalue weighted by atomic mass is 35.5. The maximum absolute atomic E-state index is 13.0. The van der Waals surface area contributed by atoms with Crippen LogP contribution >= 0.6 is 23.4 Å². The third kappa shape index (κ3) is 3.89. The molecule has 0 radical (unpaired) electrons. The second kappa shape index (κ2) is 6.83.